The zero-order valence-electron chi connectivity index (χ0n) is 9.84. The Bertz CT molecular complexity index is 303. The Morgan fingerprint density at radius 1 is 1.38 bits per heavy atom. The molecule has 6 heteroatoms. The molecule has 1 rings (SSSR count). The predicted octanol–water partition coefficient (Wildman–Crippen LogP) is 0.197. The van der Waals surface area contributed by atoms with Crippen LogP contribution in [0.25, 0.3) is 0 Å². The lowest BCUT2D eigenvalue weighted by molar-refractivity contribution is 0.0599. The van der Waals surface area contributed by atoms with E-state index < -0.39 is 6.10 Å². The molecule has 2 atom stereocenters. The molecular formula is C10H18N2O4. The summed E-state index contributed by atoms with van der Waals surface area (Å²) in [6.45, 7) is 2.18. The number of aromatic nitrogens is 2. The number of methoxy groups -OCH3 is 2. The molecule has 1 N–H and O–H groups in total. The summed E-state index contributed by atoms with van der Waals surface area (Å²) >= 11 is 0. The van der Waals surface area contributed by atoms with Crippen molar-refractivity contribution in [1.82, 2.24) is 10.1 Å². The number of aliphatic hydroxyl groups excluding tert-OH is 1. The van der Waals surface area contributed by atoms with Crippen molar-refractivity contribution < 1.29 is 19.1 Å². The van der Waals surface area contributed by atoms with Gasteiger partial charge in [0.15, 0.2) is 5.82 Å². The first-order valence-corrected chi connectivity index (χ1v) is 5.17. The van der Waals surface area contributed by atoms with Crippen molar-refractivity contribution in [2.24, 2.45) is 0 Å². The van der Waals surface area contributed by atoms with Gasteiger partial charge in [-0.3, -0.25) is 0 Å². The summed E-state index contributed by atoms with van der Waals surface area (Å²) in [5.41, 5.74) is 0. The van der Waals surface area contributed by atoms with E-state index in [4.69, 9.17) is 14.0 Å². The topological polar surface area (TPSA) is 77.6 Å². The SMILES string of the molecule is COCC(O)Cc1nc(CC(C)OC)no1. The molecule has 0 aliphatic rings. The van der Waals surface area contributed by atoms with Crippen LogP contribution in [-0.4, -0.2) is 48.3 Å². The van der Waals surface area contributed by atoms with Crippen molar-refractivity contribution in [3.63, 3.8) is 0 Å². The van der Waals surface area contributed by atoms with Crippen molar-refractivity contribution >= 4 is 0 Å². The Balaban J connectivity index is 2.44. The molecule has 0 aliphatic heterocycles. The van der Waals surface area contributed by atoms with Gasteiger partial charge in [0.25, 0.3) is 0 Å². The predicted molar refractivity (Wildman–Crippen MR) is 56.1 cm³/mol. The Morgan fingerprint density at radius 2 is 2.12 bits per heavy atom. The maximum absolute atomic E-state index is 9.46. The molecule has 0 saturated carbocycles. The molecule has 0 fully saturated rings. The molecule has 0 spiro atoms. The highest BCUT2D eigenvalue weighted by Crippen LogP contribution is 2.05. The highest BCUT2D eigenvalue weighted by Gasteiger charge is 2.13. The van der Waals surface area contributed by atoms with Crippen molar-refractivity contribution in [3.8, 4) is 0 Å². The van der Waals surface area contributed by atoms with Crippen LogP contribution < -0.4 is 0 Å². The maximum atomic E-state index is 9.46. The molecule has 2 unspecified atom stereocenters. The second kappa shape index (κ2) is 6.57. The molecule has 0 saturated heterocycles. The molecule has 0 amide bonds. The molecule has 0 aromatic carbocycles. The van der Waals surface area contributed by atoms with E-state index in [1.165, 1.54) is 7.11 Å². The molecule has 0 radical (unpaired) electrons. The van der Waals surface area contributed by atoms with Gasteiger partial charge in [-0.1, -0.05) is 5.16 Å². The van der Waals surface area contributed by atoms with Gasteiger partial charge in [0.05, 0.1) is 25.2 Å². The molecule has 1 aromatic rings. The van der Waals surface area contributed by atoms with Crippen LogP contribution in [0.15, 0.2) is 4.52 Å². The van der Waals surface area contributed by atoms with Crippen LogP contribution in [0.5, 0.6) is 0 Å². The first kappa shape index (κ1) is 13.1. The summed E-state index contributed by atoms with van der Waals surface area (Å²) in [5, 5.41) is 13.3. The fraction of sp³-hybridized carbons (Fsp3) is 0.800. The second-order valence-corrected chi connectivity index (χ2v) is 3.67. The lowest BCUT2D eigenvalue weighted by Crippen LogP contribution is -2.17. The van der Waals surface area contributed by atoms with Crippen LogP contribution in [-0.2, 0) is 22.3 Å². The van der Waals surface area contributed by atoms with Gasteiger partial charge in [-0.2, -0.15) is 4.98 Å². The minimum absolute atomic E-state index is 0.0503. The number of hydrogen-bond acceptors (Lipinski definition) is 6. The summed E-state index contributed by atoms with van der Waals surface area (Å²) in [4.78, 5) is 4.15. The monoisotopic (exact) mass is 230 g/mol. The number of hydrogen-bond donors (Lipinski definition) is 1. The molecule has 0 aliphatic carbocycles. The van der Waals surface area contributed by atoms with Crippen molar-refractivity contribution in [2.75, 3.05) is 20.8 Å². The average molecular weight is 230 g/mol. The van der Waals surface area contributed by atoms with Gasteiger partial charge in [-0.25, -0.2) is 0 Å². The summed E-state index contributed by atoms with van der Waals surface area (Å²) < 4.78 is 14.9. The zero-order valence-corrected chi connectivity index (χ0v) is 9.84. The Morgan fingerprint density at radius 3 is 2.75 bits per heavy atom. The molecule has 92 valence electrons. The fourth-order valence-corrected chi connectivity index (χ4v) is 1.25. The lowest BCUT2D eigenvalue weighted by Gasteiger charge is -2.05. The standard InChI is InChI=1S/C10H18N2O4/c1-7(15-3)4-9-11-10(16-12-9)5-8(13)6-14-2/h7-8,13H,4-6H2,1-3H3. The van der Waals surface area contributed by atoms with Gasteiger partial charge >= 0.3 is 0 Å². The summed E-state index contributed by atoms with van der Waals surface area (Å²) in [7, 11) is 3.16. The van der Waals surface area contributed by atoms with E-state index in [1.807, 2.05) is 6.92 Å². The molecule has 6 nitrogen and oxygen atoms in total. The van der Waals surface area contributed by atoms with E-state index in [0.717, 1.165) is 0 Å². The Kier molecular flexibility index (Phi) is 5.37. The van der Waals surface area contributed by atoms with Crippen LogP contribution in [0.1, 0.15) is 18.6 Å². The summed E-state index contributed by atoms with van der Waals surface area (Å²) in [6.07, 6.45) is 0.343. The van der Waals surface area contributed by atoms with Crippen LogP contribution in [0, 0.1) is 0 Å². The van der Waals surface area contributed by atoms with Crippen LogP contribution >= 0.6 is 0 Å². The number of nitrogens with zero attached hydrogens (tertiary/aromatic N) is 2. The van der Waals surface area contributed by atoms with Gasteiger partial charge in [0.2, 0.25) is 5.89 Å². The van der Waals surface area contributed by atoms with Crippen molar-refractivity contribution in [2.45, 2.75) is 32.0 Å². The third kappa shape index (κ3) is 4.26. The molecule has 16 heavy (non-hydrogen) atoms. The van der Waals surface area contributed by atoms with Crippen LogP contribution in [0.4, 0.5) is 0 Å². The summed E-state index contributed by atoms with van der Waals surface area (Å²) in [6, 6.07) is 0. The van der Waals surface area contributed by atoms with Gasteiger partial charge in [0, 0.05) is 20.6 Å². The minimum atomic E-state index is -0.613. The fourth-order valence-electron chi connectivity index (χ4n) is 1.25. The van der Waals surface area contributed by atoms with E-state index in [2.05, 4.69) is 10.1 Å². The minimum Gasteiger partial charge on any atom is -0.390 e. The zero-order chi connectivity index (χ0) is 12.0. The first-order valence-electron chi connectivity index (χ1n) is 5.17. The maximum Gasteiger partial charge on any atom is 0.229 e. The average Bonchev–Trinajstić information content (AvgIpc) is 2.65. The second-order valence-electron chi connectivity index (χ2n) is 3.67. The molecule has 1 aromatic heterocycles. The third-order valence-electron chi connectivity index (χ3n) is 2.15. The summed E-state index contributed by atoms with van der Waals surface area (Å²) in [5.74, 6) is 1.01. The van der Waals surface area contributed by atoms with Gasteiger partial charge in [0.1, 0.15) is 0 Å². The molecular weight excluding hydrogens is 212 g/mol. The van der Waals surface area contributed by atoms with E-state index in [-0.39, 0.29) is 12.7 Å². The van der Waals surface area contributed by atoms with E-state index in [9.17, 15) is 5.11 Å². The lowest BCUT2D eigenvalue weighted by atomic mass is 10.2. The smallest absolute Gasteiger partial charge is 0.229 e. The molecule has 1 heterocycles. The third-order valence-corrected chi connectivity index (χ3v) is 2.15. The number of ether oxygens (including phenoxy) is 2. The van der Waals surface area contributed by atoms with E-state index in [0.29, 0.717) is 24.6 Å². The molecule has 0 bridgehead atoms. The Labute approximate surface area is 94.6 Å². The largest absolute Gasteiger partial charge is 0.390 e. The first-order chi connectivity index (χ1) is 7.65. The van der Waals surface area contributed by atoms with E-state index in [1.54, 1.807) is 7.11 Å². The van der Waals surface area contributed by atoms with Crippen LogP contribution in [0.2, 0.25) is 0 Å². The quantitative estimate of drug-likeness (QED) is 0.720. The number of rotatable bonds is 7. The Hall–Kier alpha value is -0.980. The van der Waals surface area contributed by atoms with Crippen molar-refractivity contribution in [3.05, 3.63) is 11.7 Å². The van der Waals surface area contributed by atoms with Crippen molar-refractivity contribution in [1.29, 1.82) is 0 Å². The van der Waals surface area contributed by atoms with Gasteiger partial charge in [-0.15, -0.1) is 0 Å². The van der Waals surface area contributed by atoms with Gasteiger partial charge < -0.3 is 19.1 Å². The highest BCUT2D eigenvalue weighted by atomic mass is 16.5. The highest BCUT2D eigenvalue weighted by molar-refractivity contribution is 4.89. The normalized spacial score (nSPS) is 15.0. The van der Waals surface area contributed by atoms with Crippen LogP contribution in [0.3, 0.4) is 0 Å². The van der Waals surface area contributed by atoms with Gasteiger partial charge in [-0.05, 0) is 6.92 Å². The number of aliphatic hydroxyl groups is 1. The van der Waals surface area contributed by atoms with E-state index >= 15 is 0 Å².